The summed E-state index contributed by atoms with van der Waals surface area (Å²) in [5, 5.41) is 3.18. The number of carbonyl (C=O) groups excluding carboxylic acids is 1. The molecule has 1 aliphatic carbocycles. The Morgan fingerprint density at radius 2 is 1.79 bits per heavy atom. The van der Waals surface area contributed by atoms with E-state index in [1.54, 1.807) is 28.4 Å². The van der Waals surface area contributed by atoms with E-state index < -0.39 is 10.0 Å². The van der Waals surface area contributed by atoms with Gasteiger partial charge in [-0.1, -0.05) is 37.8 Å². The van der Waals surface area contributed by atoms with Gasteiger partial charge in [-0.15, -0.1) is 0 Å². The molecule has 3 rings (SSSR count). The quantitative estimate of drug-likeness (QED) is 0.680. The van der Waals surface area contributed by atoms with Gasteiger partial charge in [0.1, 0.15) is 5.75 Å². The Labute approximate surface area is 174 Å². The number of hydrogen-bond acceptors (Lipinski definition) is 5. The largest absolute Gasteiger partial charge is 0.496 e. The van der Waals surface area contributed by atoms with Crippen molar-refractivity contribution in [2.45, 2.75) is 44.6 Å². The number of nitrogens with one attached hydrogen (secondary N) is 1. The van der Waals surface area contributed by atoms with Crippen LogP contribution in [0.5, 0.6) is 5.75 Å². The van der Waals surface area contributed by atoms with Gasteiger partial charge < -0.3 is 15.0 Å². The number of ether oxygens (including phenoxy) is 1. The van der Waals surface area contributed by atoms with E-state index in [9.17, 15) is 13.2 Å². The van der Waals surface area contributed by atoms with Crippen LogP contribution in [-0.2, 0) is 10.0 Å². The highest BCUT2D eigenvalue weighted by molar-refractivity contribution is 7.89. The lowest BCUT2D eigenvalue weighted by atomic mass is 10.0. The van der Waals surface area contributed by atoms with E-state index >= 15 is 0 Å². The fourth-order valence-corrected chi connectivity index (χ4v) is 5.69. The van der Waals surface area contributed by atoms with Crippen molar-refractivity contribution in [3.63, 3.8) is 0 Å². The summed E-state index contributed by atoms with van der Waals surface area (Å²) in [5.41, 5.74) is 0.499. The summed E-state index contributed by atoms with van der Waals surface area (Å²) in [5.74, 6) is 0.357. The lowest BCUT2D eigenvalue weighted by Gasteiger charge is -2.33. The fraction of sp³-hybridized carbons (Fsp3) is 0.667. The van der Waals surface area contributed by atoms with E-state index in [2.05, 4.69) is 5.32 Å². The number of rotatable bonds is 7. The normalized spacial score (nSPS) is 19.5. The smallest absolute Gasteiger partial charge is 0.257 e. The first-order valence-corrected chi connectivity index (χ1v) is 12.3. The second kappa shape index (κ2) is 10.4. The van der Waals surface area contributed by atoms with Crippen LogP contribution in [0.15, 0.2) is 24.3 Å². The SMILES string of the molecule is COc1ccccc1C(=O)N(CCS(=O)(=O)N1CCNCC1)C1CCCCCC1. The number of para-hydroxylation sites is 1. The number of sulfonamides is 1. The van der Waals surface area contributed by atoms with Crippen LogP contribution in [0.1, 0.15) is 48.9 Å². The van der Waals surface area contributed by atoms with Gasteiger partial charge in [0.15, 0.2) is 0 Å². The maximum absolute atomic E-state index is 13.5. The van der Waals surface area contributed by atoms with Crippen LogP contribution >= 0.6 is 0 Å². The lowest BCUT2D eigenvalue weighted by molar-refractivity contribution is 0.0670. The fourth-order valence-electron chi connectivity index (χ4n) is 4.26. The second-order valence-corrected chi connectivity index (χ2v) is 9.90. The second-order valence-electron chi connectivity index (χ2n) is 7.81. The summed E-state index contributed by atoms with van der Waals surface area (Å²) in [6.07, 6.45) is 6.34. The number of piperazine rings is 1. The van der Waals surface area contributed by atoms with E-state index in [0.29, 0.717) is 37.5 Å². The molecule has 1 saturated carbocycles. The van der Waals surface area contributed by atoms with E-state index in [1.807, 2.05) is 12.1 Å². The van der Waals surface area contributed by atoms with Crippen molar-refractivity contribution in [1.29, 1.82) is 0 Å². The van der Waals surface area contributed by atoms with Gasteiger partial charge in [-0.3, -0.25) is 4.79 Å². The molecule has 162 valence electrons. The highest BCUT2D eigenvalue weighted by atomic mass is 32.2. The monoisotopic (exact) mass is 423 g/mol. The van der Waals surface area contributed by atoms with E-state index in [4.69, 9.17) is 4.74 Å². The van der Waals surface area contributed by atoms with Crippen LogP contribution in [0.25, 0.3) is 0 Å². The molecule has 2 aliphatic rings. The average Bonchev–Trinajstić information content (AvgIpc) is 3.04. The first-order chi connectivity index (χ1) is 14.0. The molecule has 0 spiro atoms. The van der Waals surface area contributed by atoms with Crippen molar-refractivity contribution in [3.05, 3.63) is 29.8 Å². The molecule has 8 heteroatoms. The minimum Gasteiger partial charge on any atom is -0.496 e. The Bertz CT molecular complexity index is 770. The summed E-state index contributed by atoms with van der Waals surface area (Å²) in [4.78, 5) is 15.3. The Morgan fingerprint density at radius 1 is 1.14 bits per heavy atom. The van der Waals surface area contributed by atoms with Gasteiger partial charge in [0.2, 0.25) is 10.0 Å². The summed E-state index contributed by atoms with van der Waals surface area (Å²) in [7, 11) is -1.84. The molecule has 1 saturated heterocycles. The predicted molar refractivity (Wildman–Crippen MR) is 114 cm³/mol. The molecule has 1 heterocycles. The van der Waals surface area contributed by atoms with E-state index in [-0.39, 0.29) is 24.2 Å². The van der Waals surface area contributed by atoms with Gasteiger partial charge in [0.25, 0.3) is 5.91 Å². The minimum atomic E-state index is -3.39. The van der Waals surface area contributed by atoms with Gasteiger partial charge >= 0.3 is 0 Å². The van der Waals surface area contributed by atoms with Crippen molar-refractivity contribution < 1.29 is 17.9 Å². The predicted octanol–water partition coefficient (Wildman–Crippen LogP) is 2.10. The number of hydrogen-bond donors (Lipinski definition) is 1. The van der Waals surface area contributed by atoms with E-state index in [0.717, 1.165) is 25.7 Å². The van der Waals surface area contributed by atoms with Crippen LogP contribution in [0, 0.1) is 0 Å². The molecular formula is C21H33N3O4S. The lowest BCUT2D eigenvalue weighted by Crippen LogP contribution is -2.49. The molecule has 0 aromatic heterocycles. The van der Waals surface area contributed by atoms with Crippen molar-refractivity contribution in [1.82, 2.24) is 14.5 Å². The van der Waals surface area contributed by atoms with Gasteiger partial charge in [-0.05, 0) is 25.0 Å². The zero-order valence-electron chi connectivity index (χ0n) is 17.3. The molecule has 29 heavy (non-hydrogen) atoms. The third kappa shape index (κ3) is 5.71. The van der Waals surface area contributed by atoms with Crippen molar-refractivity contribution in [2.24, 2.45) is 0 Å². The molecular weight excluding hydrogens is 390 g/mol. The first-order valence-electron chi connectivity index (χ1n) is 10.7. The van der Waals surface area contributed by atoms with Crippen molar-refractivity contribution >= 4 is 15.9 Å². The van der Waals surface area contributed by atoms with Gasteiger partial charge in [0, 0.05) is 38.8 Å². The molecule has 1 aliphatic heterocycles. The van der Waals surface area contributed by atoms with Crippen LogP contribution in [-0.4, -0.2) is 75.2 Å². The highest BCUT2D eigenvalue weighted by Crippen LogP contribution is 2.26. The molecule has 0 unspecified atom stereocenters. The summed E-state index contributed by atoms with van der Waals surface area (Å²) < 4.78 is 32.6. The molecule has 2 fully saturated rings. The molecule has 0 radical (unpaired) electrons. The van der Waals surface area contributed by atoms with Crippen molar-refractivity contribution in [3.8, 4) is 5.75 Å². The first kappa shape index (κ1) is 22.1. The maximum atomic E-state index is 13.5. The summed E-state index contributed by atoms with van der Waals surface area (Å²) >= 11 is 0. The van der Waals surface area contributed by atoms with Gasteiger partial charge in [0.05, 0.1) is 18.4 Å². The third-order valence-corrected chi connectivity index (χ3v) is 7.77. The Hall–Kier alpha value is -1.64. The van der Waals surface area contributed by atoms with Crippen LogP contribution < -0.4 is 10.1 Å². The van der Waals surface area contributed by atoms with Crippen molar-refractivity contribution in [2.75, 3.05) is 45.6 Å². The molecule has 1 amide bonds. The zero-order valence-corrected chi connectivity index (χ0v) is 18.1. The standard InChI is InChI=1S/C21H33N3O4S/c1-28-20-11-7-6-10-19(20)21(25)24(18-8-4-2-3-5-9-18)16-17-29(26,27)23-14-12-22-13-15-23/h6-7,10-11,18,22H,2-5,8-9,12-17H2,1H3. The van der Waals surface area contributed by atoms with Crippen LogP contribution in [0.4, 0.5) is 0 Å². The number of methoxy groups -OCH3 is 1. The number of amides is 1. The van der Waals surface area contributed by atoms with Gasteiger partial charge in [-0.25, -0.2) is 8.42 Å². The highest BCUT2D eigenvalue weighted by Gasteiger charge is 2.30. The zero-order chi connectivity index (χ0) is 20.7. The summed E-state index contributed by atoms with van der Waals surface area (Å²) in [6.45, 7) is 2.55. The molecule has 1 aromatic rings. The molecule has 0 atom stereocenters. The third-order valence-electron chi connectivity index (χ3n) is 5.92. The molecule has 0 bridgehead atoms. The van der Waals surface area contributed by atoms with Crippen LogP contribution in [0.3, 0.4) is 0 Å². The number of benzene rings is 1. The van der Waals surface area contributed by atoms with E-state index in [1.165, 1.54) is 12.8 Å². The molecule has 7 nitrogen and oxygen atoms in total. The average molecular weight is 424 g/mol. The number of carbonyl (C=O) groups is 1. The topological polar surface area (TPSA) is 79.0 Å². The summed E-state index contributed by atoms with van der Waals surface area (Å²) in [6, 6.07) is 7.26. The molecule has 1 N–H and O–H groups in total. The maximum Gasteiger partial charge on any atom is 0.257 e. The number of nitrogens with zero attached hydrogens (tertiary/aromatic N) is 2. The Balaban J connectivity index is 1.80. The van der Waals surface area contributed by atoms with Crippen LogP contribution in [0.2, 0.25) is 0 Å². The Morgan fingerprint density at radius 3 is 2.45 bits per heavy atom. The van der Waals surface area contributed by atoms with Gasteiger partial charge in [-0.2, -0.15) is 4.31 Å². The molecule has 1 aromatic carbocycles. The minimum absolute atomic E-state index is 0.0373. The Kier molecular flexibility index (Phi) is 7.91.